The first-order valence-corrected chi connectivity index (χ1v) is 15.9. The van der Waals surface area contributed by atoms with E-state index in [1.54, 1.807) is 0 Å². The van der Waals surface area contributed by atoms with Crippen LogP contribution in [0.2, 0.25) is 0 Å². The van der Waals surface area contributed by atoms with Crippen molar-refractivity contribution in [2.75, 3.05) is 4.90 Å². The van der Waals surface area contributed by atoms with E-state index in [0.29, 0.717) is 0 Å². The van der Waals surface area contributed by atoms with Gasteiger partial charge in [0.05, 0.1) is 11.0 Å². The highest BCUT2D eigenvalue weighted by atomic mass is 32.1. The van der Waals surface area contributed by atoms with Gasteiger partial charge in [0.15, 0.2) is 0 Å². The van der Waals surface area contributed by atoms with Gasteiger partial charge in [-0.05, 0) is 90.0 Å². The molecular weight excluding hydrogens is 567 g/mol. The largest absolute Gasteiger partial charge is 0.310 e. The number of thiophene rings is 1. The van der Waals surface area contributed by atoms with Crippen molar-refractivity contribution in [3.8, 4) is 16.8 Å². The number of anilines is 3. The van der Waals surface area contributed by atoms with Gasteiger partial charge in [0.2, 0.25) is 0 Å². The van der Waals surface area contributed by atoms with Crippen molar-refractivity contribution in [2.45, 2.75) is 0 Å². The molecule has 6 aromatic carbocycles. The Kier molecular flexibility index (Phi) is 6.00. The SMILES string of the molecule is c1ccc(N(c2ccc(-c3ccc4c(c3)c3ccccc3n4-c3ccncc3)cc2)c2ccc3sc4ccccc4c3c2)cc1. The molecule has 0 unspecified atom stereocenters. The summed E-state index contributed by atoms with van der Waals surface area (Å²) in [6.45, 7) is 0. The third kappa shape index (κ3) is 4.30. The summed E-state index contributed by atoms with van der Waals surface area (Å²) in [5, 5.41) is 5.09. The van der Waals surface area contributed by atoms with Crippen LogP contribution in [0.25, 0.3) is 58.8 Å². The molecule has 0 spiro atoms. The predicted molar refractivity (Wildman–Crippen MR) is 192 cm³/mol. The fourth-order valence-corrected chi connectivity index (χ4v) is 7.69. The second kappa shape index (κ2) is 10.5. The molecule has 3 nitrogen and oxygen atoms in total. The molecular formula is C41H27N3S. The standard InChI is InChI=1S/C41H27N3S/c1-2-8-30(9-3-1)43(33-19-21-41-37(27-33)35-11-5-7-13-40(35)45-41)31-17-14-28(15-18-31)29-16-20-39-36(26-29)34-10-4-6-12-38(34)44(39)32-22-24-42-25-23-32/h1-27H. The van der Waals surface area contributed by atoms with Gasteiger partial charge < -0.3 is 9.47 Å². The molecule has 0 aliphatic heterocycles. The summed E-state index contributed by atoms with van der Waals surface area (Å²) in [5.74, 6) is 0. The van der Waals surface area contributed by atoms with E-state index >= 15 is 0 Å². The molecule has 0 amide bonds. The van der Waals surface area contributed by atoms with Gasteiger partial charge in [0, 0.05) is 66.1 Å². The number of nitrogens with zero attached hydrogens (tertiary/aromatic N) is 3. The first kappa shape index (κ1) is 25.8. The van der Waals surface area contributed by atoms with Gasteiger partial charge >= 0.3 is 0 Å². The van der Waals surface area contributed by atoms with Crippen LogP contribution in [0.15, 0.2) is 164 Å². The summed E-state index contributed by atoms with van der Waals surface area (Å²) in [6.07, 6.45) is 3.70. The molecule has 45 heavy (non-hydrogen) atoms. The van der Waals surface area contributed by atoms with E-state index in [2.05, 4.69) is 166 Å². The molecule has 4 heteroatoms. The lowest BCUT2D eigenvalue weighted by atomic mass is 10.0. The third-order valence-corrected chi connectivity index (χ3v) is 9.84. The summed E-state index contributed by atoms with van der Waals surface area (Å²) >= 11 is 1.85. The number of benzene rings is 6. The number of aromatic nitrogens is 2. The van der Waals surface area contributed by atoms with Crippen molar-refractivity contribution < 1.29 is 0 Å². The molecule has 0 fully saturated rings. The second-order valence-electron chi connectivity index (χ2n) is 11.3. The first-order valence-electron chi connectivity index (χ1n) is 15.1. The van der Waals surface area contributed by atoms with Crippen molar-refractivity contribution in [2.24, 2.45) is 0 Å². The number of pyridine rings is 1. The molecule has 0 radical (unpaired) electrons. The average molecular weight is 594 g/mol. The van der Waals surface area contributed by atoms with Crippen LogP contribution in [0, 0.1) is 0 Å². The lowest BCUT2D eigenvalue weighted by molar-refractivity contribution is 1.16. The Hall–Kier alpha value is -5.71. The molecule has 212 valence electrons. The smallest absolute Gasteiger partial charge is 0.0541 e. The number of hydrogen-bond donors (Lipinski definition) is 0. The maximum atomic E-state index is 4.23. The Balaban J connectivity index is 1.15. The van der Waals surface area contributed by atoms with Crippen LogP contribution in [0.1, 0.15) is 0 Å². The van der Waals surface area contributed by atoms with E-state index in [-0.39, 0.29) is 0 Å². The molecule has 0 aliphatic carbocycles. The molecule has 0 N–H and O–H groups in total. The van der Waals surface area contributed by atoms with E-state index in [9.17, 15) is 0 Å². The van der Waals surface area contributed by atoms with E-state index in [1.807, 2.05) is 23.7 Å². The molecule has 0 saturated carbocycles. The average Bonchev–Trinajstić information content (AvgIpc) is 3.65. The lowest BCUT2D eigenvalue weighted by Crippen LogP contribution is -2.09. The van der Waals surface area contributed by atoms with Gasteiger partial charge in [0.1, 0.15) is 0 Å². The van der Waals surface area contributed by atoms with Crippen LogP contribution >= 0.6 is 11.3 Å². The van der Waals surface area contributed by atoms with Crippen LogP contribution in [-0.4, -0.2) is 9.55 Å². The van der Waals surface area contributed by atoms with Crippen LogP contribution < -0.4 is 4.90 Å². The van der Waals surface area contributed by atoms with Crippen LogP contribution in [0.3, 0.4) is 0 Å². The van der Waals surface area contributed by atoms with Gasteiger partial charge in [-0.3, -0.25) is 4.98 Å². The van der Waals surface area contributed by atoms with E-state index in [4.69, 9.17) is 0 Å². The van der Waals surface area contributed by atoms with Gasteiger partial charge in [-0.25, -0.2) is 0 Å². The van der Waals surface area contributed by atoms with E-state index < -0.39 is 0 Å². The molecule has 0 bridgehead atoms. The summed E-state index contributed by atoms with van der Waals surface area (Å²) in [5.41, 5.74) is 9.29. The van der Waals surface area contributed by atoms with Crippen LogP contribution in [0.4, 0.5) is 17.1 Å². The molecule has 9 rings (SSSR count). The monoisotopic (exact) mass is 593 g/mol. The summed E-state index contributed by atoms with van der Waals surface area (Å²) in [7, 11) is 0. The van der Waals surface area contributed by atoms with Crippen molar-refractivity contribution in [3.05, 3.63) is 164 Å². The molecule has 0 atom stereocenters. The molecule has 3 aromatic heterocycles. The van der Waals surface area contributed by atoms with Crippen LogP contribution in [0.5, 0.6) is 0 Å². The number of fused-ring (bicyclic) bond motifs is 6. The molecule has 0 saturated heterocycles. The zero-order chi connectivity index (χ0) is 29.7. The van der Waals surface area contributed by atoms with Crippen molar-refractivity contribution >= 4 is 70.4 Å². The topological polar surface area (TPSA) is 21.1 Å². The molecule has 9 aromatic rings. The quantitative estimate of drug-likeness (QED) is 0.198. The molecule has 3 heterocycles. The highest BCUT2D eigenvalue weighted by Gasteiger charge is 2.16. The summed E-state index contributed by atoms with van der Waals surface area (Å²) in [6, 6.07) is 54.7. The van der Waals surface area contributed by atoms with E-state index in [0.717, 1.165) is 22.7 Å². The number of hydrogen-bond acceptors (Lipinski definition) is 3. The fourth-order valence-electron chi connectivity index (χ4n) is 6.60. The van der Waals surface area contributed by atoms with Gasteiger partial charge in [0.25, 0.3) is 0 Å². The Morgan fingerprint density at radius 3 is 1.93 bits per heavy atom. The number of para-hydroxylation sites is 2. The second-order valence-corrected chi connectivity index (χ2v) is 12.4. The highest BCUT2D eigenvalue weighted by Crippen LogP contribution is 2.41. The zero-order valence-corrected chi connectivity index (χ0v) is 25.2. The van der Waals surface area contributed by atoms with Gasteiger partial charge in [-0.1, -0.05) is 72.8 Å². The summed E-state index contributed by atoms with van der Waals surface area (Å²) < 4.78 is 4.95. The van der Waals surface area contributed by atoms with Crippen molar-refractivity contribution in [3.63, 3.8) is 0 Å². The molecule has 0 aliphatic rings. The first-order chi connectivity index (χ1) is 22.3. The number of rotatable bonds is 5. The Bertz CT molecular complexity index is 2480. The predicted octanol–water partition coefficient (Wildman–Crippen LogP) is 11.7. The van der Waals surface area contributed by atoms with Gasteiger partial charge in [-0.15, -0.1) is 11.3 Å². The van der Waals surface area contributed by atoms with Crippen molar-refractivity contribution in [1.82, 2.24) is 9.55 Å². The minimum Gasteiger partial charge on any atom is -0.310 e. The minimum atomic E-state index is 1.11. The fraction of sp³-hybridized carbons (Fsp3) is 0. The Labute approximate surface area is 264 Å². The summed E-state index contributed by atoms with van der Waals surface area (Å²) in [4.78, 5) is 6.58. The Morgan fingerprint density at radius 2 is 1.09 bits per heavy atom. The zero-order valence-electron chi connectivity index (χ0n) is 24.3. The van der Waals surface area contributed by atoms with Crippen LogP contribution in [-0.2, 0) is 0 Å². The Morgan fingerprint density at radius 1 is 0.444 bits per heavy atom. The van der Waals surface area contributed by atoms with E-state index in [1.165, 1.54) is 53.1 Å². The minimum absolute atomic E-state index is 1.11. The third-order valence-electron chi connectivity index (χ3n) is 8.69. The maximum absolute atomic E-state index is 4.23. The maximum Gasteiger partial charge on any atom is 0.0541 e. The highest BCUT2D eigenvalue weighted by molar-refractivity contribution is 7.25. The normalized spacial score (nSPS) is 11.6. The van der Waals surface area contributed by atoms with Crippen molar-refractivity contribution in [1.29, 1.82) is 0 Å². The van der Waals surface area contributed by atoms with Gasteiger partial charge in [-0.2, -0.15) is 0 Å². The lowest BCUT2D eigenvalue weighted by Gasteiger charge is -2.26.